The predicted molar refractivity (Wildman–Crippen MR) is 138 cm³/mol. The first-order chi connectivity index (χ1) is 17.9. The highest BCUT2D eigenvalue weighted by molar-refractivity contribution is 6.04. The van der Waals surface area contributed by atoms with E-state index in [1.54, 1.807) is 56.4 Å². The Morgan fingerprint density at radius 3 is 2.73 bits per heavy atom. The minimum atomic E-state index is -0.741. The summed E-state index contributed by atoms with van der Waals surface area (Å²) in [6.45, 7) is 3.56. The molecule has 1 amide bonds. The lowest BCUT2D eigenvalue weighted by Gasteiger charge is -2.16. The van der Waals surface area contributed by atoms with Gasteiger partial charge in [0.1, 0.15) is 29.2 Å². The number of aromatic nitrogens is 5. The molecule has 3 aromatic heterocycles. The molecular formula is C27H21FN8O. The molecule has 3 heterocycles. The van der Waals surface area contributed by atoms with Crippen molar-refractivity contribution in [3.05, 3.63) is 90.4 Å². The van der Waals surface area contributed by atoms with Crippen molar-refractivity contribution in [1.29, 1.82) is 5.26 Å². The van der Waals surface area contributed by atoms with E-state index in [9.17, 15) is 10.1 Å². The Morgan fingerprint density at radius 1 is 1.05 bits per heavy atom. The van der Waals surface area contributed by atoms with E-state index in [1.807, 2.05) is 6.07 Å². The van der Waals surface area contributed by atoms with Crippen molar-refractivity contribution in [2.75, 3.05) is 10.6 Å². The number of nitrogens with zero attached hydrogens (tertiary/aromatic N) is 5. The van der Waals surface area contributed by atoms with Gasteiger partial charge in [-0.1, -0.05) is 12.1 Å². The van der Waals surface area contributed by atoms with Crippen LogP contribution in [0.2, 0.25) is 0 Å². The number of amides is 1. The van der Waals surface area contributed by atoms with Gasteiger partial charge >= 0.3 is 0 Å². The number of imidazole rings is 1. The van der Waals surface area contributed by atoms with Crippen LogP contribution < -0.4 is 10.6 Å². The summed E-state index contributed by atoms with van der Waals surface area (Å²) < 4.78 is 15.1. The lowest BCUT2D eigenvalue weighted by Crippen LogP contribution is -2.17. The summed E-state index contributed by atoms with van der Waals surface area (Å²) in [6.07, 6.45) is 4.52. The molecule has 5 rings (SSSR count). The van der Waals surface area contributed by atoms with Crippen molar-refractivity contribution in [3.8, 4) is 17.3 Å². The minimum Gasteiger partial charge on any atom is -0.341 e. The Morgan fingerprint density at radius 2 is 1.92 bits per heavy atom. The molecule has 0 aliphatic heterocycles. The highest BCUT2D eigenvalue weighted by Gasteiger charge is 2.21. The Balaban J connectivity index is 1.38. The van der Waals surface area contributed by atoms with Gasteiger partial charge in [-0.25, -0.2) is 24.3 Å². The molecular weight excluding hydrogens is 471 g/mol. The first-order valence-electron chi connectivity index (χ1n) is 11.3. The van der Waals surface area contributed by atoms with Crippen LogP contribution in [-0.2, 0) is 5.41 Å². The molecule has 0 spiro atoms. The van der Waals surface area contributed by atoms with Crippen molar-refractivity contribution >= 4 is 34.3 Å². The average Bonchev–Trinajstić information content (AvgIpc) is 3.40. The third-order valence-electron chi connectivity index (χ3n) is 5.89. The van der Waals surface area contributed by atoms with Crippen LogP contribution in [0.25, 0.3) is 22.4 Å². The van der Waals surface area contributed by atoms with Crippen molar-refractivity contribution in [3.63, 3.8) is 0 Å². The van der Waals surface area contributed by atoms with E-state index in [-0.39, 0.29) is 11.4 Å². The van der Waals surface area contributed by atoms with Crippen molar-refractivity contribution in [2.24, 2.45) is 0 Å². The van der Waals surface area contributed by atoms with E-state index in [0.29, 0.717) is 33.8 Å². The number of aromatic amines is 1. The van der Waals surface area contributed by atoms with Crippen LogP contribution in [0.3, 0.4) is 0 Å². The quantitative estimate of drug-likeness (QED) is 0.291. The molecule has 0 fully saturated rings. The first-order valence-corrected chi connectivity index (χ1v) is 11.3. The normalized spacial score (nSPS) is 11.2. The first kappa shape index (κ1) is 23.6. The van der Waals surface area contributed by atoms with Crippen molar-refractivity contribution in [2.45, 2.75) is 19.3 Å². The fourth-order valence-corrected chi connectivity index (χ4v) is 3.80. The van der Waals surface area contributed by atoms with Gasteiger partial charge in [0.25, 0.3) is 5.91 Å². The van der Waals surface area contributed by atoms with E-state index in [0.717, 1.165) is 5.56 Å². The zero-order chi connectivity index (χ0) is 26.0. The van der Waals surface area contributed by atoms with Gasteiger partial charge in [-0.15, -0.1) is 0 Å². The number of carbonyl (C=O) groups excluding carboxylic acids is 1. The third kappa shape index (κ3) is 4.70. The van der Waals surface area contributed by atoms with Gasteiger partial charge in [0.2, 0.25) is 0 Å². The minimum absolute atomic E-state index is 0.172. The molecule has 0 aliphatic rings. The van der Waals surface area contributed by atoms with Crippen LogP contribution in [0.4, 0.5) is 21.6 Å². The largest absolute Gasteiger partial charge is 0.341 e. The number of fused-ring (bicyclic) bond motifs is 1. The number of hydrogen-bond donors (Lipinski definition) is 3. The number of anilines is 3. The maximum atomic E-state index is 15.1. The van der Waals surface area contributed by atoms with Gasteiger partial charge in [0, 0.05) is 23.0 Å². The second kappa shape index (κ2) is 9.47. The van der Waals surface area contributed by atoms with Gasteiger partial charge in [0.05, 0.1) is 23.5 Å². The van der Waals surface area contributed by atoms with E-state index >= 15 is 4.39 Å². The van der Waals surface area contributed by atoms with Crippen molar-refractivity contribution in [1.82, 2.24) is 24.9 Å². The molecule has 182 valence electrons. The van der Waals surface area contributed by atoms with Crippen LogP contribution in [0.1, 0.15) is 29.8 Å². The summed E-state index contributed by atoms with van der Waals surface area (Å²) in [7, 11) is 0. The average molecular weight is 493 g/mol. The third-order valence-corrected chi connectivity index (χ3v) is 5.89. The van der Waals surface area contributed by atoms with E-state index in [1.165, 1.54) is 24.8 Å². The maximum Gasteiger partial charge on any atom is 0.255 e. The number of halogens is 1. The summed E-state index contributed by atoms with van der Waals surface area (Å²) in [5.41, 5.74) is 3.16. The molecule has 5 aromatic rings. The summed E-state index contributed by atoms with van der Waals surface area (Å²) >= 11 is 0. The molecule has 0 saturated carbocycles. The SMILES string of the molecule is CC(C)(C#N)c1cccc(C(=O)Nc2ccc(Nc3ncccc3-c3ncnc4nc[nH]c34)c(F)c2)c1. The number of hydrogen-bond acceptors (Lipinski definition) is 7. The summed E-state index contributed by atoms with van der Waals surface area (Å²) in [5.74, 6) is -0.595. The van der Waals surface area contributed by atoms with Gasteiger partial charge in [-0.05, 0) is 61.9 Å². The predicted octanol–water partition coefficient (Wildman–Crippen LogP) is 5.35. The molecule has 0 unspecified atom stereocenters. The number of H-pyrrole nitrogens is 1. The van der Waals surface area contributed by atoms with E-state index in [2.05, 4.69) is 41.6 Å². The van der Waals surface area contributed by atoms with Crippen LogP contribution in [0, 0.1) is 17.1 Å². The molecule has 9 nitrogen and oxygen atoms in total. The Kier molecular flexibility index (Phi) is 6.03. The Hall–Kier alpha value is -5.17. The number of nitrogens with one attached hydrogen (secondary N) is 3. The zero-order valence-electron chi connectivity index (χ0n) is 20.0. The fraction of sp³-hybridized carbons (Fsp3) is 0.111. The molecule has 37 heavy (non-hydrogen) atoms. The molecule has 0 atom stereocenters. The van der Waals surface area contributed by atoms with Crippen LogP contribution in [0.15, 0.2) is 73.4 Å². The van der Waals surface area contributed by atoms with E-state index in [4.69, 9.17) is 0 Å². The molecule has 0 bridgehead atoms. The maximum absolute atomic E-state index is 15.1. The number of carbonyl (C=O) groups is 1. The van der Waals surface area contributed by atoms with Crippen LogP contribution in [0.5, 0.6) is 0 Å². The topological polar surface area (TPSA) is 132 Å². The molecule has 0 saturated heterocycles. The number of pyridine rings is 1. The van der Waals surface area contributed by atoms with Gasteiger partial charge in [-0.3, -0.25) is 4.79 Å². The number of nitriles is 1. The molecule has 2 aromatic carbocycles. The van der Waals surface area contributed by atoms with Crippen LogP contribution >= 0.6 is 0 Å². The van der Waals surface area contributed by atoms with Crippen molar-refractivity contribution < 1.29 is 9.18 Å². The Labute approximate surface area is 211 Å². The summed E-state index contributed by atoms with van der Waals surface area (Å²) in [4.78, 5) is 32.8. The second-order valence-electron chi connectivity index (χ2n) is 8.81. The van der Waals surface area contributed by atoms with Gasteiger partial charge in [0.15, 0.2) is 5.65 Å². The standard InChI is InChI=1S/C27H21FN8O/c1-27(2,13-29)17-6-3-5-16(11-17)26(37)35-18-8-9-21(20(28)12-18)36-24-19(7-4-10-30-24)22-23-25(33-14-31-22)34-15-32-23/h3-12,14-15H,1-2H3,(H,30,36)(H,35,37)(H,31,32,33,34). The molecule has 0 radical (unpaired) electrons. The zero-order valence-corrected chi connectivity index (χ0v) is 20.0. The summed E-state index contributed by atoms with van der Waals surface area (Å²) in [5, 5.41) is 15.1. The smallest absolute Gasteiger partial charge is 0.255 e. The molecule has 3 N–H and O–H groups in total. The lowest BCUT2D eigenvalue weighted by atomic mass is 9.85. The Bertz CT molecular complexity index is 1670. The summed E-state index contributed by atoms with van der Waals surface area (Å²) in [6, 6.07) is 16.9. The number of benzene rings is 2. The second-order valence-corrected chi connectivity index (χ2v) is 8.81. The highest BCUT2D eigenvalue weighted by atomic mass is 19.1. The van der Waals surface area contributed by atoms with Gasteiger partial charge < -0.3 is 15.6 Å². The van der Waals surface area contributed by atoms with E-state index < -0.39 is 17.1 Å². The van der Waals surface area contributed by atoms with Gasteiger partial charge in [-0.2, -0.15) is 5.26 Å². The fourth-order valence-electron chi connectivity index (χ4n) is 3.80. The molecule has 10 heteroatoms. The highest BCUT2D eigenvalue weighted by Crippen LogP contribution is 2.31. The molecule has 0 aliphatic carbocycles. The van der Waals surface area contributed by atoms with Crippen LogP contribution in [-0.4, -0.2) is 30.8 Å². The monoisotopic (exact) mass is 492 g/mol. The number of rotatable bonds is 6. The lowest BCUT2D eigenvalue weighted by molar-refractivity contribution is 0.102.